The van der Waals surface area contributed by atoms with Crippen molar-refractivity contribution in [2.45, 2.75) is 6.54 Å². The molecule has 8 aromatic heterocycles. The molecular formula is C38H22N8S2. The third-order valence-corrected chi connectivity index (χ3v) is 12.1. The van der Waals surface area contributed by atoms with E-state index in [1.807, 2.05) is 18.5 Å². The van der Waals surface area contributed by atoms with Crippen molar-refractivity contribution in [3.05, 3.63) is 109 Å². The molecule has 226 valence electrons. The molecule has 0 saturated heterocycles. The number of imidazole rings is 4. The van der Waals surface area contributed by atoms with E-state index < -0.39 is 0 Å². The van der Waals surface area contributed by atoms with Gasteiger partial charge in [0, 0.05) is 50.4 Å². The Hall–Kier alpha value is -5.84. The third kappa shape index (κ3) is 3.09. The highest BCUT2D eigenvalue weighted by atomic mass is 32.1. The van der Waals surface area contributed by atoms with Crippen LogP contribution in [0.3, 0.4) is 0 Å². The predicted molar refractivity (Wildman–Crippen MR) is 198 cm³/mol. The zero-order valence-electron chi connectivity index (χ0n) is 25.4. The number of nitrogens with zero attached hydrogens (tertiary/aromatic N) is 8. The van der Waals surface area contributed by atoms with Gasteiger partial charge in [0.1, 0.15) is 9.66 Å². The van der Waals surface area contributed by atoms with Gasteiger partial charge in [-0.2, -0.15) is 0 Å². The first-order valence-corrected chi connectivity index (χ1v) is 17.5. The van der Waals surface area contributed by atoms with E-state index in [1.165, 1.54) is 36.5 Å². The van der Waals surface area contributed by atoms with Gasteiger partial charge in [0.05, 0.1) is 50.7 Å². The SMILES string of the molecule is Cn1c2ccccc2n2c3cc4c(cc3nc12)sc1ncc(Cn2c3ccccc3n3c5c(ccc6sc7ncccc7c65)nc23)cc14. The van der Waals surface area contributed by atoms with Crippen molar-refractivity contribution in [1.82, 2.24) is 37.9 Å². The molecule has 0 bridgehead atoms. The van der Waals surface area contributed by atoms with E-state index in [4.69, 9.17) is 15.0 Å². The lowest BCUT2D eigenvalue weighted by molar-refractivity contribution is 0.844. The monoisotopic (exact) mass is 654 g/mol. The number of pyridine rings is 2. The normalized spacial score (nSPS) is 12.8. The van der Waals surface area contributed by atoms with Crippen molar-refractivity contribution in [2.75, 3.05) is 0 Å². The molecule has 0 aliphatic rings. The van der Waals surface area contributed by atoms with Crippen molar-refractivity contribution in [1.29, 1.82) is 0 Å². The Morgan fingerprint density at radius 2 is 1.38 bits per heavy atom. The van der Waals surface area contributed by atoms with Crippen LogP contribution in [0.15, 0.2) is 103 Å². The van der Waals surface area contributed by atoms with Gasteiger partial charge in [-0.1, -0.05) is 24.3 Å². The van der Waals surface area contributed by atoms with Gasteiger partial charge >= 0.3 is 0 Å². The largest absolute Gasteiger partial charge is 0.313 e. The molecule has 8 nitrogen and oxygen atoms in total. The molecule has 0 atom stereocenters. The topological polar surface area (TPSA) is 70.2 Å². The molecule has 4 aromatic carbocycles. The second-order valence-corrected chi connectivity index (χ2v) is 14.6. The fraction of sp³-hybridized carbons (Fsp3) is 0.0526. The summed E-state index contributed by atoms with van der Waals surface area (Å²) in [5.41, 5.74) is 10.00. The third-order valence-electron chi connectivity index (χ3n) is 9.93. The molecule has 12 rings (SSSR count). The summed E-state index contributed by atoms with van der Waals surface area (Å²) < 4.78 is 11.5. The van der Waals surface area contributed by atoms with Crippen molar-refractivity contribution in [3.8, 4) is 0 Å². The Bertz CT molecular complexity index is 3350. The van der Waals surface area contributed by atoms with Gasteiger partial charge in [0.25, 0.3) is 0 Å². The van der Waals surface area contributed by atoms with Crippen LogP contribution >= 0.6 is 22.7 Å². The zero-order valence-corrected chi connectivity index (χ0v) is 27.0. The maximum absolute atomic E-state index is 5.25. The quantitative estimate of drug-likeness (QED) is 0.186. The molecule has 0 fully saturated rings. The second-order valence-electron chi connectivity index (χ2n) is 12.5. The molecule has 0 unspecified atom stereocenters. The lowest BCUT2D eigenvalue weighted by Crippen LogP contribution is -2.00. The first-order valence-electron chi connectivity index (χ1n) is 15.8. The molecule has 10 heteroatoms. The molecule has 0 N–H and O–H groups in total. The van der Waals surface area contributed by atoms with Crippen molar-refractivity contribution in [2.24, 2.45) is 7.05 Å². The Balaban J connectivity index is 1.09. The molecule has 8 heterocycles. The van der Waals surface area contributed by atoms with Gasteiger partial charge in [-0.25, -0.2) is 19.9 Å². The van der Waals surface area contributed by atoms with Crippen LogP contribution in [-0.4, -0.2) is 37.9 Å². The maximum atomic E-state index is 5.25. The highest BCUT2D eigenvalue weighted by Gasteiger charge is 2.21. The number of fused-ring (bicyclic) bond motifs is 17. The van der Waals surface area contributed by atoms with Gasteiger partial charge in [0.15, 0.2) is 0 Å². The summed E-state index contributed by atoms with van der Waals surface area (Å²) in [5, 5.41) is 4.77. The van der Waals surface area contributed by atoms with Crippen LogP contribution in [0, 0.1) is 0 Å². The smallest absolute Gasteiger partial charge is 0.216 e. The number of aromatic nitrogens is 8. The summed E-state index contributed by atoms with van der Waals surface area (Å²) in [4.78, 5) is 22.1. The Kier molecular flexibility index (Phi) is 4.60. The lowest BCUT2D eigenvalue weighted by Gasteiger charge is -2.06. The van der Waals surface area contributed by atoms with Gasteiger partial charge in [-0.05, 0) is 72.3 Å². The molecule has 0 radical (unpaired) electrons. The van der Waals surface area contributed by atoms with E-state index >= 15 is 0 Å². The molecule has 48 heavy (non-hydrogen) atoms. The van der Waals surface area contributed by atoms with Crippen LogP contribution < -0.4 is 0 Å². The first-order chi connectivity index (χ1) is 23.7. The fourth-order valence-electron chi connectivity index (χ4n) is 7.84. The molecule has 0 spiro atoms. The Morgan fingerprint density at radius 3 is 2.27 bits per heavy atom. The minimum absolute atomic E-state index is 0.651. The zero-order chi connectivity index (χ0) is 31.2. The average Bonchev–Trinajstić information content (AvgIpc) is 3.94. The molecule has 0 saturated carbocycles. The highest BCUT2D eigenvalue weighted by Crippen LogP contribution is 2.40. The van der Waals surface area contributed by atoms with E-state index in [2.05, 4.69) is 115 Å². The summed E-state index contributed by atoms with van der Waals surface area (Å²) in [5.74, 6) is 1.88. The summed E-state index contributed by atoms with van der Waals surface area (Å²) in [6.45, 7) is 0.651. The van der Waals surface area contributed by atoms with E-state index in [1.54, 1.807) is 22.7 Å². The van der Waals surface area contributed by atoms with Crippen LogP contribution in [0.4, 0.5) is 0 Å². The van der Waals surface area contributed by atoms with Gasteiger partial charge in [-0.15, -0.1) is 22.7 Å². The van der Waals surface area contributed by atoms with Crippen molar-refractivity contribution < 1.29 is 0 Å². The predicted octanol–water partition coefficient (Wildman–Crippen LogP) is 9.31. The van der Waals surface area contributed by atoms with E-state index in [9.17, 15) is 0 Å². The fourth-order valence-corrected chi connectivity index (χ4v) is 9.93. The van der Waals surface area contributed by atoms with Gasteiger partial charge in [0.2, 0.25) is 11.6 Å². The van der Waals surface area contributed by atoms with Crippen LogP contribution in [0.2, 0.25) is 0 Å². The summed E-state index contributed by atoms with van der Waals surface area (Å²) in [7, 11) is 2.09. The lowest BCUT2D eigenvalue weighted by atomic mass is 10.1. The minimum atomic E-state index is 0.651. The number of benzene rings is 4. The first kappa shape index (κ1) is 25.3. The molecule has 0 aliphatic heterocycles. The van der Waals surface area contributed by atoms with Crippen LogP contribution in [0.25, 0.3) is 96.3 Å². The summed E-state index contributed by atoms with van der Waals surface area (Å²) >= 11 is 3.47. The van der Waals surface area contributed by atoms with E-state index in [-0.39, 0.29) is 0 Å². The van der Waals surface area contributed by atoms with Gasteiger partial charge < -0.3 is 9.13 Å². The van der Waals surface area contributed by atoms with E-state index in [0.717, 1.165) is 65.4 Å². The number of hydrogen-bond donors (Lipinski definition) is 0. The van der Waals surface area contributed by atoms with E-state index in [0.29, 0.717) is 6.54 Å². The molecular weight excluding hydrogens is 633 g/mol. The highest BCUT2D eigenvalue weighted by molar-refractivity contribution is 7.26. The van der Waals surface area contributed by atoms with Crippen LogP contribution in [0.5, 0.6) is 0 Å². The number of para-hydroxylation sites is 4. The number of thiophene rings is 2. The number of aryl methyl sites for hydroxylation is 1. The molecule has 0 amide bonds. The van der Waals surface area contributed by atoms with Crippen LogP contribution in [0.1, 0.15) is 5.56 Å². The van der Waals surface area contributed by atoms with Crippen molar-refractivity contribution >= 4 is 119 Å². The maximum Gasteiger partial charge on any atom is 0.216 e. The summed E-state index contributed by atoms with van der Waals surface area (Å²) in [6.07, 6.45) is 3.90. The molecule has 0 aliphatic carbocycles. The molecule has 12 aromatic rings. The average molecular weight is 655 g/mol. The van der Waals surface area contributed by atoms with Crippen LogP contribution in [-0.2, 0) is 13.6 Å². The Labute approximate surface area is 278 Å². The standard InChI is InChI=1S/C38H22N8S2/c1-43-26-8-2-4-10-28(26)45-30-16-22-23-15-20(18-40-36(23)48-32(22)17-25(30)42-37(43)45)19-44-27-9-3-5-11-29(27)46-34-24(41-38(44)46)12-13-31-33(34)21-7-6-14-39-35(21)47-31/h2-18H,19H2,1H3. The minimum Gasteiger partial charge on any atom is -0.313 e. The van der Waals surface area contributed by atoms with Crippen molar-refractivity contribution in [3.63, 3.8) is 0 Å². The van der Waals surface area contributed by atoms with Gasteiger partial charge in [-0.3, -0.25) is 8.80 Å². The number of rotatable bonds is 2. The second kappa shape index (κ2) is 8.74. The Morgan fingerprint density at radius 1 is 0.604 bits per heavy atom. The number of hydrogen-bond acceptors (Lipinski definition) is 6. The summed E-state index contributed by atoms with van der Waals surface area (Å²) in [6, 6.07) is 32.5.